The first-order valence-corrected chi connectivity index (χ1v) is 7.74. The van der Waals surface area contributed by atoms with Crippen molar-refractivity contribution in [1.82, 2.24) is 10.2 Å². The molecule has 0 saturated carbocycles. The van der Waals surface area contributed by atoms with Gasteiger partial charge in [-0.2, -0.15) is 0 Å². The van der Waals surface area contributed by atoms with Crippen molar-refractivity contribution >= 4 is 0 Å². The summed E-state index contributed by atoms with van der Waals surface area (Å²) in [6.07, 6.45) is 6.80. The molecule has 0 bridgehead atoms. The molecule has 1 fully saturated rings. The van der Waals surface area contributed by atoms with Crippen LogP contribution in [0, 0.1) is 6.92 Å². The summed E-state index contributed by atoms with van der Waals surface area (Å²) in [6, 6.07) is 9.83. The summed E-state index contributed by atoms with van der Waals surface area (Å²) in [4.78, 5) is 2.70. The van der Waals surface area contributed by atoms with E-state index in [4.69, 9.17) is 0 Å². The molecule has 2 heteroatoms. The number of rotatable bonds is 6. The molecule has 2 nitrogen and oxygen atoms in total. The van der Waals surface area contributed by atoms with Crippen LogP contribution in [-0.4, -0.2) is 31.1 Å². The number of likely N-dealkylation sites (tertiary alicyclic amines) is 1. The van der Waals surface area contributed by atoms with Crippen molar-refractivity contribution in [2.45, 2.75) is 51.6 Å². The summed E-state index contributed by atoms with van der Waals surface area (Å²) in [5.74, 6) is 0. The fourth-order valence-corrected chi connectivity index (χ4v) is 3.04. The molecule has 0 amide bonds. The Morgan fingerprint density at radius 1 is 1.21 bits per heavy atom. The zero-order valence-corrected chi connectivity index (χ0v) is 12.5. The fourth-order valence-electron chi connectivity index (χ4n) is 3.04. The predicted octanol–water partition coefficient (Wildman–Crippen LogP) is 3.35. The van der Waals surface area contributed by atoms with Crippen molar-refractivity contribution in [3.63, 3.8) is 0 Å². The smallest absolute Gasteiger partial charge is 0.0236 e. The maximum absolute atomic E-state index is 3.26. The number of hydrogen-bond acceptors (Lipinski definition) is 2. The van der Waals surface area contributed by atoms with E-state index in [0.717, 1.165) is 19.1 Å². The number of nitrogens with zero attached hydrogens (tertiary/aromatic N) is 1. The Hall–Kier alpha value is -0.860. The fraction of sp³-hybridized carbons (Fsp3) is 0.647. The van der Waals surface area contributed by atoms with Crippen LogP contribution >= 0.6 is 0 Å². The van der Waals surface area contributed by atoms with E-state index < -0.39 is 0 Å². The van der Waals surface area contributed by atoms with E-state index in [0.29, 0.717) is 0 Å². The molecule has 19 heavy (non-hydrogen) atoms. The maximum atomic E-state index is 3.26. The molecule has 1 aliphatic rings. The molecule has 1 aromatic carbocycles. The molecule has 1 saturated heterocycles. The van der Waals surface area contributed by atoms with Crippen LogP contribution in [0.3, 0.4) is 0 Å². The van der Waals surface area contributed by atoms with Gasteiger partial charge in [-0.25, -0.2) is 0 Å². The number of nitrogens with one attached hydrogen (secondary N) is 1. The van der Waals surface area contributed by atoms with Gasteiger partial charge in [-0.05, 0) is 58.3 Å². The summed E-state index contributed by atoms with van der Waals surface area (Å²) in [7, 11) is 2.05. The van der Waals surface area contributed by atoms with Crippen molar-refractivity contribution in [2.24, 2.45) is 0 Å². The normalized spacial score (nSPS) is 20.6. The highest BCUT2D eigenvalue weighted by Crippen LogP contribution is 2.23. The lowest BCUT2D eigenvalue weighted by Gasteiger charge is -2.36. The summed E-state index contributed by atoms with van der Waals surface area (Å²) >= 11 is 0. The number of benzene rings is 1. The molecule has 0 aromatic heterocycles. The molecule has 1 heterocycles. The third kappa shape index (κ3) is 4.63. The lowest BCUT2D eigenvalue weighted by molar-refractivity contribution is 0.130. The molecule has 0 aliphatic carbocycles. The standard InChI is InChI=1S/C17H28N2/c1-15-8-10-16(11-9-15)14-19-13-4-3-6-17(19)7-5-12-18-2/h8-11,17-18H,3-7,12-14H2,1-2H3. The van der Waals surface area contributed by atoms with Crippen LogP contribution in [0.5, 0.6) is 0 Å². The second kappa shape index (κ2) is 7.66. The number of aryl methyl sites for hydroxylation is 1. The Morgan fingerprint density at radius 2 is 2.00 bits per heavy atom. The van der Waals surface area contributed by atoms with E-state index in [2.05, 4.69) is 41.4 Å². The summed E-state index contributed by atoms with van der Waals surface area (Å²) in [5, 5.41) is 3.26. The highest BCUT2D eigenvalue weighted by Gasteiger charge is 2.21. The third-order valence-electron chi connectivity index (χ3n) is 4.22. The second-order valence-corrected chi connectivity index (χ2v) is 5.85. The minimum atomic E-state index is 0.795. The van der Waals surface area contributed by atoms with Crippen LogP contribution in [0.15, 0.2) is 24.3 Å². The van der Waals surface area contributed by atoms with Crippen molar-refractivity contribution in [1.29, 1.82) is 0 Å². The molecular formula is C17H28N2. The van der Waals surface area contributed by atoms with E-state index in [1.165, 1.54) is 49.8 Å². The van der Waals surface area contributed by atoms with Crippen LogP contribution < -0.4 is 5.32 Å². The molecule has 1 aromatic rings. The van der Waals surface area contributed by atoms with Crippen LogP contribution in [0.4, 0.5) is 0 Å². The molecular weight excluding hydrogens is 232 g/mol. The van der Waals surface area contributed by atoms with Gasteiger partial charge in [0.1, 0.15) is 0 Å². The highest BCUT2D eigenvalue weighted by molar-refractivity contribution is 5.21. The number of hydrogen-bond donors (Lipinski definition) is 1. The third-order valence-corrected chi connectivity index (χ3v) is 4.22. The topological polar surface area (TPSA) is 15.3 Å². The Kier molecular flexibility index (Phi) is 5.87. The quantitative estimate of drug-likeness (QED) is 0.789. The first-order valence-electron chi connectivity index (χ1n) is 7.74. The molecule has 106 valence electrons. The van der Waals surface area contributed by atoms with Crippen LogP contribution in [0.1, 0.15) is 43.2 Å². The van der Waals surface area contributed by atoms with Gasteiger partial charge in [0, 0.05) is 12.6 Å². The Morgan fingerprint density at radius 3 is 2.74 bits per heavy atom. The Labute approximate surface area is 118 Å². The average Bonchev–Trinajstić information content (AvgIpc) is 2.43. The molecule has 2 rings (SSSR count). The lowest BCUT2D eigenvalue weighted by Crippen LogP contribution is -2.39. The first-order chi connectivity index (χ1) is 9.29. The van der Waals surface area contributed by atoms with Gasteiger partial charge in [0.15, 0.2) is 0 Å². The molecule has 1 unspecified atom stereocenters. The van der Waals surface area contributed by atoms with E-state index in [1.807, 2.05) is 7.05 Å². The van der Waals surface area contributed by atoms with Crippen LogP contribution in [0.25, 0.3) is 0 Å². The minimum absolute atomic E-state index is 0.795. The van der Waals surface area contributed by atoms with Crippen molar-refractivity contribution in [2.75, 3.05) is 20.1 Å². The van der Waals surface area contributed by atoms with E-state index in [-0.39, 0.29) is 0 Å². The van der Waals surface area contributed by atoms with Gasteiger partial charge in [0.05, 0.1) is 0 Å². The summed E-state index contributed by atoms with van der Waals surface area (Å²) in [6.45, 7) is 5.71. The first kappa shape index (κ1) is 14.5. The molecule has 1 atom stereocenters. The predicted molar refractivity (Wildman–Crippen MR) is 82.4 cm³/mol. The highest BCUT2D eigenvalue weighted by atomic mass is 15.2. The van der Waals surface area contributed by atoms with Gasteiger partial charge in [-0.1, -0.05) is 36.2 Å². The van der Waals surface area contributed by atoms with Gasteiger partial charge in [0.2, 0.25) is 0 Å². The van der Waals surface area contributed by atoms with Gasteiger partial charge in [0.25, 0.3) is 0 Å². The molecule has 1 aliphatic heterocycles. The average molecular weight is 260 g/mol. The largest absolute Gasteiger partial charge is 0.320 e. The number of piperidine rings is 1. The van der Waals surface area contributed by atoms with E-state index >= 15 is 0 Å². The van der Waals surface area contributed by atoms with Gasteiger partial charge in [-0.15, -0.1) is 0 Å². The lowest BCUT2D eigenvalue weighted by atomic mass is 9.97. The van der Waals surface area contributed by atoms with Gasteiger partial charge < -0.3 is 5.32 Å². The van der Waals surface area contributed by atoms with Gasteiger partial charge >= 0.3 is 0 Å². The van der Waals surface area contributed by atoms with Crippen molar-refractivity contribution in [3.8, 4) is 0 Å². The van der Waals surface area contributed by atoms with Crippen molar-refractivity contribution < 1.29 is 0 Å². The summed E-state index contributed by atoms with van der Waals surface area (Å²) in [5.41, 5.74) is 2.82. The van der Waals surface area contributed by atoms with Gasteiger partial charge in [-0.3, -0.25) is 4.90 Å². The summed E-state index contributed by atoms with van der Waals surface area (Å²) < 4.78 is 0. The molecule has 1 N–H and O–H groups in total. The van der Waals surface area contributed by atoms with Crippen molar-refractivity contribution in [3.05, 3.63) is 35.4 Å². The zero-order chi connectivity index (χ0) is 13.5. The van der Waals surface area contributed by atoms with Crippen LogP contribution in [-0.2, 0) is 6.54 Å². The minimum Gasteiger partial charge on any atom is -0.320 e. The Balaban J connectivity index is 1.89. The zero-order valence-electron chi connectivity index (χ0n) is 12.5. The molecule has 0 radical (unpaired) electrons. The maximum Gasteiger partial charge on any atom is 0.0236 e. The van der Waals surface area contributed by atoms with E-state index in [9.17, 15) is 0 Å². The van der Waals surface area contributed by atoms with Crippen LogP contribution in [0.2, 0.25) is 0 Å². The second-order valence-electron chi connectivity index (χ2n) is 5.85. The molecule has 0 spiro atoms. The van der Waals surface area contributed by atoms with E-state index in [1.54, 1.807) is 0 Å². The SMILES string of the molecule is CNCCCC1CCCCN1Cc1ccc(C)cc1. The Bertz CT molecular complexity index is 358. The monoisotopic (exact) mass is 260 g/mol.